The van der Waals surface area contributed by atoms with Crippen LogP contribution in [0.4, 0.5) is 4.79 Å². The molecular weight excluding hydrogens is 276 g/mol. The summed E-state index contributed by atoms with van der Waals surface area (Å²) in [5.74, 6) is 0.615. The van der Waals surface area contributed by atoms with E-state index in [0.717, 1.165) is 32.5 Å². The highest BCUT2D eigenvalue weighted by atomic mass is 16.6. The van der Waals surface area contributed by atoms with Crippen molar-refractivity contribution in [1.29, 1.82) is 0 Å². The monoisotopic (exact) mass is 312 g/mol. The molecule has 130 valence electrons. The molecule has 2 atom stereocenters. The Balaban J connectivity index is 2.22. The number of likely N-dealkylation sites (tertiary alicyclic amines) is 1. The SMILES string of the molecule is CCCCC(CC)NCCC1CCN(C(=O)OC(C)(C)C)C1. The van der Waals surface area contributed by atoms with Gasteiger partial charge in [0, 0.05) is 19.1 Å². The van der Waals surface area contributed by atoms with Crippen LogP contribution in [0.5, 0.6) is 0 Å². The molecule has 1 heterocycles. The van der Waals surface area contributed by atoms with Gasteiger partial charge in [-0.25, -0.2) is 4.79 Å². The second kappa shape index (κ2) is 9.39. The number of amides is 1. The van der Waals surface area contributed by atoms with E-state index in [0.29, 0.717) is 12.0 Å². The molecule has 1 N–H and O–H groups in total. The van der Waals surface area contributed by atoms with Crippen LogP contribution in [0.25, 0.3) is 0 Å². The fourth-order valence-corrected chi connectivity index (χ4v) is 2.95. The van der Waals surface area contributed by atoms with E-state index in [9.17, 15) is 4.79 Å². The van der Waals surface area contributed by atoms with E-state index >= 15 is 0 Å². The molecule has 2 unspecified atom stereocenters. The Morgan fingerprint density at radius 3 is 2.68 bits per heavy atom. The fraction of sp³-hybridized carbons (Fsp3) is 0.944. The molecular formula is C18H36N2O2. The summed E-state index contributed by atoms with van der Waals surface area (Å²) in [6.45, 7) is 13.0. The molecule has 4 nitrogen and oxygen atoms in total. The van der Waals surface area contributed by atoms with Gasteiger partial charge in [0.1, 0.15) is 5.60 Å². The van der Waals surface area contributed by atoms with Gasteiger partial charge >= 0.3 is 6.09 Å². The second-order valence-corrected chi connectivity index (χ2v) is 7.57. The molecule has 1 aliphatic rings. The van der Waals surface area contributed by atoms with Gasteiger partial charge in [-0.1, -0.05) is 26.7 Å². The van der Waals surface area contributed by atoms with Crippen molar-refractivity contribution >= 4 is 6.09 Å². The number of carbonyl (C=O) groups excluding carboxylic acids is 1. The van der Waals surface area contributed by atoms with Crippen molar-refractivity contribution in [3.05, 3.63) is 0 Å². The zero-order valence-electron chi connectivity index (χ0n) is 15.3. The van der Waals surface area contributed by atoms with Crippen LogP contribution in [0.2, 0.25) is 0 Å². The molecule has 1 amide bonds. The van der Waals surface area contributed by atoms with Crippen molar-refractivity contribution in [3.8, 4) is 0 Å². The predicted octanol–water partition coefficient (Wildman–Crippen LogP) is 4.19. The van der Waals surface area contributed by atoms with Crippen LogP contribution in [0.1, 0.15) is 73.1 Å². The van der Waals surface area contributed by atoms with Crippen molar-refractivity contribution in [2.75, 3.05) is 19.6 Å². The Hall–Kier alpha value is -0.770. The van der Waals surface area contributed by atoms with Crippen molar-refractivity contribution in [1.82, 2.24) is 10.2 Å². The van der Waals surface area contributed by atoms with Crippen LogP contribution < -0.4 is 5.32 Å². The Morgan fingerprint density at radius 1 is 1.36 bits per heavy atom. The predicted molar refractivity (Wildman–Crippen MR) is 92.1 cm³/mol. The van der Waals surface area contributed by atoms with Gasteiger partial charge in [0.05, 0.1) is 0 Å². The van der Waals surface area contributed by atoms with Gasteiger partial charge < -0.3 is 15.0 Å². The Kier molecular flexibility index (Phi) is 8.23. The first-order valence-corrected chi connectivity index (χ1v) is 9.07. The van der Waals surface area contributed by atoms with Gasteiger partial charge in [-0.05, 0) is 58.9 Å². The van der Waals surface area contributed by atoms with Crippen LogP contribution in [0.3, 0.4) is 0 Å². The number of ether oxygens (including phenoxy) is 1. The molecule has 1 aliphatic heterocycles. The summed E-state index contributed by atoms with van der Waals surface area (Å²) in [5, 5.41) is 3.68. The van der Waals surface area contributed by atoms with Gasteiger partial charge in [0.15, 0.2) is 0 Å². The number of rotatable bonds is 8. The Bertz CT molecular complexity index is 326. The maximum atomic E-state index is 12.0. The number of carbonyl (C=O) groups is 1. The summed E-state index contributed by atoms with van der Waals surface area (Å²) in [7, 11) is 0. The summed E-state index contributed by atoms with van der Waals surface area (Å²) >= 11 is 0. The third-order valence-corrected chi connectivity index (χ3v) is 4.32. The molecule has 0 bridgehead atoms. The molecule has 0 saturated carbocycles. The zero-order valence-corrected chi connectivity index (χ0v) is 15.3. The topological polar surface area (TPSA) is 41.6 Å². The van der Waals surface area contributed by atoms with Crippen molar-refractivity contribution < 1.29 is 9.53 Å². The van der Waals surface area contributed by atoms with E-state index in [4.69, 9.17) is 4.74 Å². The largest absolute Gasteiger partial charge is 0.444 e. The number of nitrogens with zero attached hydrogens (tertiary/aromatic N) is 1. The Labute approximate surface area is 137 Å². The van der Waals surface area contributed by atoms with Gasteiger partial charge in [0.25, 0.3) is 0 Å². The van der Waals surface area contributed by atoms with Crippen LogP contribution in [0.15, 0.2) is 0 Å². The van der Waals surface area contributed by atoms with E-state index < -0.39 is 5.60 Å². The van der Waals surface area contributed by atoms with E-state index in [2.05, 4.69) is 19.2 Å². The van der Waals surface area contributed by atoms with E-state index in [1.807, 2.05) is 25.7 Å². The summed E-state index contributed by atoms with van der Waals surface area (Å²) in [6.07, 6.45) is 7.16. The van der Waals surface area contributed by atoms with E-state index in [-0.39, 0.29) is 6.09 Å². The lowest BCUT2D eigenvalue weighted by atomic mass is 10.0. The quantitative estimate of drug-likeness (QED) is 0.730. The number of hydrogen-bond donors (Lipinski definition) is 1. The highest BCUT2D eigenvalue weighted by molar-refractivity contribution is 5.68. The minimum Gasteiger partial charge on any atom is -0.444 e. The lowest BCUT2D eigenvalue weighted by Crippen LogP contribution is -2.35. The second-order valence-electron chi connectivity index (χ2n) is 7.57. The molecule has 0 aromatic heterocycles. The lowest BCUT2D eigenvalue weighted by Gasteiger charge is -2.24. The average molecular weight is 312 g/mol. The van der Waals surface area contributed by atoms with E-state index in [1.165, 1.54) is 25.7 Å². The summed E-state index contributed by atoms with van der Waals surface area (Å²) in [4.78, 5) is 13.9. The average Bonchev–Trinajstić information content (AvgIpc) is 2.89. The summed E-state index contributed by atoms with van der Waals surface area (Å²) < 4.78 is 5.45. The first kappa shape index (κ1) is 19.3. The normalized spacial score (nSPS) is 20.2. The third kappa shape index (κ3) is 7.48. The van der Waals surface area contributed by atoms with Gasteiger partial charge in [-0.3, -0.25) is 0 Å². The van der Waals surface area contributed by atoms with Crippen LogP contribution in [-0.4, -0.2) is 42.3 Å². The molecule has 0 radical (unpaired) electrons. The molecule has 4 heteroatoms. The van der Waals surface area contributed by atoms with Crippen LogP contribution >= 0.6 is 0 Å². The number of unbranched alkanes of at least 4 members (excludes halogenated alkanes) is 1. The minimum atomic E-state index is -0.398. The summed E-state index contributed by atoms with van der Waals surface area (Å²) in [5.41, 5.74) is -0.398. The molecule has 0 aliphatic carbocycles. The van der Waals surface area contributed by atoms with Crippen LogP contribution in [0, 0.1) is 5.92 Å². The highest BCUT2D eigenvalue weighted by Gasteiger charge is 2.29. The molecule has 1 rings (SSSR count). The van der Waals surface area contributed by atoms with Gasteiger partial charge in [-0.2, -0.15) is 0 Å². The van der Waals surface area contributed by atoms with Gasteiger partial charge in [0.2, 0.25) is 0 Å². The number of hydrogen-bond acceptors (Lipinski definition) is 3. The maximum Gasteiger partial charge on any atom is 0.410 e. The molecule has 22 heavy (non-hydrogen) atoms. The summed E-state index contributed by atoms with van der Waals surface area (Å²) in [6, 6.07) is 0.656. The smallest absolute Gasteiger partial charge is 0.410 e. The van der Waals surface area contributed by atoms with Gasteiger partial charge in [-0.15, -0.1) is 0 Å². The molecule has 1 fully saturated rings. The molecule has 0 spiro atoms. The standard InChI is InChI=1S/C18H36N2O2/c1-6-8-9-16(7-2)19-12-10-15-11-13-20(14-15)17(21)22-18(3,4)5/h15-16,19H,6-14H2,1-5H3. The van der Waals surface area contributed by atoms with E-state index in [1.54, 1.807) is 0 Å². The minimum absolute atomic E-state index is 0.155. The van der Waals surface area contributed by atoms with Crippen molar-refractivity contribution in [3.63, 3.8) is 0 Å². The van der Waals surface area contributed by atoms with Crippen LogP contribution in [-0.2, 0) is 4.74 Å². The highest BCUT2D eigenvalue weighted by Crippen LogP contribution is 2.21. The fourth-order valence-electron chi connectivity index (χ4n) is 2.95. The Morgan fingerprint density at radius 2 is 2.09 bits per heavy atom. The zero-order chi connectivity index (χ0) is 16.6. The molecule has 0 aromatic rings. The molecule has 0 aromatic carbocycles. The maximum absolute atomic E-state index is 12.0. The van der Waals surface area contributed by atoms with Crippen molar-refractivity contribution in [2.45, 2.75) is 84.8 Å². The first-order valence-electron chi connectivity index (χ1n) is 9.07. The lowest BCUT2D eigenvalue weighted by molar-refractivity contribution is 0.0287. The first-order chi connectivity index (χ1) is 10.4. The number of nitrogens with one attached hydrogen (secondary N) is 1. The third-order valence-electron chi connectivity index (χ3n) is 4.32. The van der Waals surface area contributed by atoms with Crippen molar-refractivity contribution in [2.24, 2.45) is 5.92 Å². The molecule has 1 saturated heterocycles.